The van der Waals surface area contributed by atoms with E-state index in [0.717, 1.165) is 0 Å². The molecule has 24 heavy (non-hydrogen) atoms. The highest BCUT2D eigenvalue weighted by Gasteiger charge is 2.35. The first kappa shape index (κ1) is 23.2. The van der Waals surface area contributed by atoms with Crippen LogP contribution in [0, 0.1) is 0 Å². The van der Waals surface area contributed by atoms with E-state index in [0.29, 0.717) is 0 Å². The maximum Gasteiger partial charge on any atom is 0.418 e. The van der Waals surface area contributed by atoms with Crippen molar-refractivity contribution in [3.63, 3.8) is 0 Å². The summed E-state index contributed by atoms with van der Waals surface area (Å²) in [4.78, 5) is 23.7. The van der Waals surface area contributed by atoms with Crippen LogP contribution in [0.5, 0.6) is 0 Å². The quantitative estimate of drug-likeness (QED) is 0.364. The largest absolute Gasteiger partial charge is 0.418 e. The maximum absolute atomic E-state index is 12.1. The van der Waals surface area contributed by atoms with Gasteiger partial charge in [0.1, 0.15) is 0 Å². The lowest BCUT2D eigenvalue weighted by atomic mass is 10.6. The third-order valence-corrected chi connectivity index (χ3v) is 6.07. The van der Waals surface area contributed by atoms with Gasteiger partial charge in [-0.2, -0.15) is 0 Å². The number of hydrogen-bond donors (Lipinski definition) is 2. The molecule has 0 unspecified atom stereocenters. The molecule has 0 aromatic carbocycles. The summed E-state index contributed by atoms with van der Waals surface area (Å²) in [7, 11) is -7.79. The maximum atomic E-state index is 12.1. The third kappa shape index (κ3) is 7.42. The van der Waals surface area contributed by atoms with Gasteiger partial charge < -0.3 is 28.7 Å². The van der Waals surface area contributed by atoms with Gasteiger partial charge in [-0.25, -0.2) is 9.13 Å². The SMILES string of the molecule is CCOP(=O)(OCC)C(=O)NCCNC(=O)P(=O)(OCC)OCC. The summed E-state index contributed by atoms with van der Waals surface area (Å²) in [6.45, 7) is 6.40. The number of amides is 2. The van der Waals surface area contributed by atoms with Gasteiger partial charge in [-0.3, -0.25) is 9.59 Å². The first-order chi connectivity index (χ1) is 11.3. The van der Waals surface area contributed by atoms with Crippen molar-refractivity contribution in [1.82, 2.24) is 10.6 Å². The molecule has 0 aliphatic carbocycles. The third-order valence-electron chi connectivity index (χ3n) is 2.37. The normalized spacial score (nSPS) is 12.0. The van der Waals surface area contributed by atoms with Crippen LogP contribution in [0.1, 0.15) is 27.7 Å². The molecule has 0 saturated carbocycles. The van der Waals surface area contributed by atoms with Gasteiger partial charge in [-0.05, 0) is 27.7 Å². The van der Waals surface area contributed by atoms with E-state index >= 15 is 0 Å². The Morgan fingerprint density at radius 3 is 1.12 bits per heavy atom. The lowest BCUT2D eigenvalue weighted by Gasteiger charge is -2.17. The van der Waals surface area contributed by atoms with E-state index in [2.05, 4.69) is 10.6 Å². The van der Waals surface area contributed by atoms with E-state index in [-0.39, 0.29) is 39.5 Å². The summed E-state index contributed by atoms with van der Waals surface area (Å²) in [6.07, 6.45) is 0. The Balaban J connectivity index is 4.46. The zero-order valence-electron chi connectivity index (χ0n) is 14.4. The zero-order valence-corrected chi connectivity index (χ0v) is 16.2. The molecule has 0 aromatic rings. The fourth-order valence-electron chi connectivity index (χ4n) is 1.52. The minimum Gasteiger partial charge on any atom is -0.344 e. The molecule has 0 spiro atoms. The molecule has 12 heteroatoms. The Bertz CT molecular complexity index is 435. The molecule has 0 rings (SSSR count). The van der Waals surface area contributed by atoms with Crippen LogP contribution in [0.15, 0.2) is 0 Å². The smallest absolute Gasteiger partial charge is 0.344 e. The van der Waals surface area contributed by atoms with Crippen molar-refractivity contribution in [2.45, 2.75) is 27.7 Å². The van der Waals surface area contributed by atoms with Crippen LogP contribution in [0.4, 0.5) is 9.59 Å². The molecule has 0 aliphatic rings. The van der Waals surface area contributed by atoms with Gasteiger partial charge in [0.2, 0.25) is 0 Å². The molecule has 0 aliphatic heterocycles. The van der Waals surface area contributed by atoms with Gasteiger partial charge in [0.25, 0.3) is 0 Å². The van der Waals surface area contributed by atoms with E-state index in [9.17, 15) is 18.7 Å². The van der Waals surface area contributed by atoms with Gasteiger partial charge in [0.15, 0.2) is 0 Å². The van der Waals surface area contributed by atoms with Crippen molar-refractivity contribution in [2.75, 3.05) is 39.5 Å². The lowest BCUT2D eigenvalue weighted by Crippen LogP contribution is -2.34. The molecular formula is C12H26N2O8P2. The minimum atomic E-state index is -3.89. The summed E-state index contributed by atoms with van der Waals surface area (Å²) in [5.74, 6) is 0. The fourth-order valence-corrected chi connectivity index (χ4v) is 4.11. The predicted molar refractivity (Wildman–Crippen MR) is 88.5 cm³/mol. The van der Waals surface area contributed by atoms with Crippen molar-refractivity contribution in [3.05, 3.63) is 0 Å². The summed E-state index contributed by atoms with van der Waals surface area (Å²) in [5, 5.41) is 4.65. The van der Waals surface area contributed by atoms with Crippen LogP contribution in [0.2, 0.25) is 0 Å². The Morgan fingerprint density at radius 1 is 0.667 bits per heavy atom. The zero-order chi connectivity index (χ0) is 18.6. The topological polar surface area (TPSA) is 129 Å². The Hall–Kier alpha value is -0.760. The lowest BCUT2D eigenvalue weighted by molar-refractivity contribution is 0.205. The minimum absolute atomic E-state index is 0.0489. The fraction of sp³-hybridized carbons (Fsp3) is 0.833. The molecule has 2 N–H and O–H groups in total. The number of carbonyl (C=O) groups excluding carboxylic acids is 2. The van der Waals surface area contributed by atoms with Gasteiger partial charge >= 0.3 is 26.5 Å². The van der Waals surface area contributed by atoms with E-state index in [1.165, 1.54) is 0 Å². The van der Waals surface area contributed by atoms with Gasteiger partial charge in [0.05, 0.1) is 26.4 Å². The molecule has 0 aromatic heterocycles. The highest BCUT2D eigenvalue weighted by atomic mass is 31.2. The summed E-state index contributed by atoms with van der Waals surface area (Å²) >= 11 is 0. The average molecular weight is 388 g/mol. The first-order valence-corrected chi connectivity index (χ1v) is 10.7. The number of rotatable bonds is 13. The Kier molecular flexibility index (Phi) is 11.4. The Morgan fingerprint density at radius 2 is 0.917 bits per heavy atom. The van der Waals surface area contributed by atoms with Gasteiger partial charge in [0, 0.05) is 13.1 Å². The number of hydrogen-bond acceptors (Lipinski definition) is 8. The molecular weight excluding hydrogens is 362 g/mol. The van der Waals surface area contributed by atoms with Crippen LogP contribution < -0.4 is 10.6 Å². The van der Waals surface area contributed by atoms with E-state index in [4.69, 9.17) is 18.1 Å². The molecule has 0 radical (unpaired) electrons. The number of carbonyl (C=O) groups is 2. The monoisotopic (exact) mass is 388 g/mol. The molecule has 0 atom stereocenters. The molecule has 10 nitrogen and oxygen atoms in total. The highest BCUT2D eigenvalue weighted by molar-refractivity contribution is 7.72. The van der Waals surface area contributed by atoms with Crippen LogP contribution >= 0.6 is 15.2 Å². The van der Waals surface area contributed by atoms with Gasteiger partial charge in [-0.1, -0.05) is 0 Å². The standard InChI is InChI=1S/C12H26N2O8P2/c1-5-19-23(17,20-6-2)11(15)13-9-10-14-12(16)24(18,21-7-3)22-8-4/h5-10H2,1-4H3,(H,13,15)(H,14,16). The van der Waals surface area contributed by atoms with Crippen molar-refractivity contribution >= 4 is 26.5 Å². The summed E-state index contributed by atoms with van der Waals surface area (Å²) < 4.78 is 43.8. The van der Waals surface area contributed by atoms with Crippen molar-refractivity contribution < 1.29 is 36.8 Å². The van der Waals surface area contributed by atoms with Crippen LogP contribution in [0.25, 0.3) is 0 Å². The van der Waals surface area contributed by atoms with Crippen molar-refractivity contribution in [3.8, 4) is 0 Å². The predicted octanol–water partition coefficient (Wildman–Crippen LogP) is 2.94. The first-order valence-electron chi connectivity index (χ1n) is 7.64. The van der Waals surface area contributed by atoms with E-state index < -0.39 is 26.5 Å². The second-order valence-corrected chi connectivity index (χ2v) is 7.96. The van der Waals surface area contributed by atoms with Crippen molar-refractivity contribution in [1.29, 1.82) is 0 Å². The second kappa shape index (κ2) is 11.7. The van der Waals surface area contributed by atoms with Gasteiger partial charge in [-0.15, -0.1) is 0 Å². The van der Waals surface area contributed by atoms with Crippen molar-refractivity contribution in [2.24, 2.45) is 0 Å². The molecule has 2 amide bonds. The molecule has 0 fully saturated rings. The highest BCUT2D eigenvalue weighted by Crippen LogP contribution is 2.49. The second-order valence-electron chi connectivity index (χ2n) is 4.13. The molecule has 0 bridgehead atoms. The average Bonchev–Trinajstić information content (AvgIpc) is 2.52. The Labute approximate surface area is 142 Å². The van der Waals surface area contributed by atoms with Crippen LogP contribution in [0.3, 0.4) is 0 Å². The summed E-state index contributed by atoms with van der Waals surface area (Å²) in [5.41, 5.74) is -1.81. The number of nitrogens with one attached hydrogen (secondary N) is 2. The van der Waals surface area contributed by atoms with E-state index in [1.807, 2.05) is 0 Å². The summed E-state index contributed by atoms with van der Waals surface area (Å²) in [6, 6.07) is 0. The van der Waals surface area contributed by atoms with E-state index in [1.54, 1.807) is 27.7 Å². The molecule has 0 heterocycles. The van der Waals surface area contributed by atoms with Crippen LogP contribution in [-0.4, -0.2) is 50.8 Å². The van der Waals surface area contributed by atoms with Crippen LogP contribution in [-0.2, 0) is 27.2 Å². The molecule has 142 valence electrons. The molecule has 0 saturated heterocycles.